The molecule has 18 heavy (non-hydrogen) atoms. The minimum Gasteiger partial charge on any atom is -0.322 e. The van der Waals surface area contributed by atoms with Crippen molar-refractivity contribution in [2.45, 2.75) is 26.3 Å². The van der Waals surface area contributed by atoms with Gasteiger partial charge >= 0.3 is 0 Å². The van der Waals surface area contributed by atoms with Crippen molar-refractivity contribution in [1.82, 2.24) is 0 Å². The first-order valence-corrected chi connectivity index (χ1v) is 6.31. The van der Waals surface area contributed by atoms with Crippen molar-refractivity contribution >= 4 is 27.5 Å². The van der Waals surface area contributed by atoms with Crippen molar-refractivity contribution in [2.75, 3.05) is 5.32 Å². The second kappa shape index (κ2) is 6.24. The molecule has 1 amide bonds. The van der Waals surface area contributed by atoms with Crippen LogP contribution in [0.3, 0.4) is 0 Å². The van der Waals surface area contributed by atoms with Crippen molar-refractivity contribution in [3.63, 3.8) is 0 Å². The Morgan fingerprint density at radius 3 is 2.56 bits per heavy atom. The highest BCUT2D eigenvalue weighted by molar-refractivity contribution is 9.10. The zero-order chi connectivity index (χ0) is 13.9. The number of hydrogen-bond acceptors (Lipinski definition) is 2. The van der Waals surface area contributed by atoms with Crippen LogP contribution in [0.4, 0.5) is 14.5 Å². The summed E-state index contributed by atoms with van der Waals surface area (Å²) >= 11 is 2.86. The lowest BCUT2D eigenvalue weighted by atomic mass is 10.0. The molecular weight excluding hydrogens is 306 g/mol. The van der Waals surface area contributed by atoms with E-state index in [1.165, 1.54) is 0 Å². The maximum absolute atomic E-state index is 13.5. The van der Waals surface area contributed by atoms with E-state index in [0.29, 0.717) is 6.42 Å². The topological polar surface area (TPSA) is 55.1 Å². The van der Waals surface area contributed by atoms with Gasteiger partial charge in [-0.2, -0.15) is 0 Å². The third-order valence-electron chi connectivity index (χ3n) is 2.33. The van der Waals surface area contributed by atoms with Crippen LogP contribution in [-0.4, -0.2) is 11.9 Å². The van der Waals surface area contributed by atoms with E-state index in [0.717, 1.165) is 12.1 Å². The molecule has 1 atom stereocenters. The van der Waals surface area contributed by atoms with Crippen molar-refractivity contribution < 1.29 is 13.6 Å². The quantitative estimate of drug-likeness (QED) is 0.838. The van der Waals surface area contributed by atoms with Crippen LogP contribution < -0.4 is 11.1 Å². The van der Waals surface area contributed by atoms with E-state index in [4.69, 9.17) is 5.73 Å². The molecular formula is C12H15BrF2N2O. The molecule has 1 aromatic carbocycles. The minimum absolute atomic E-state index is 0.00415. The molecule has 0 aliphatic carbocycles. The van der Waals surface area contributed by atoms with Crippen LogP contribution in [0.2, 0.25) is 0 Å². The fourth-order valence-corrected chi connectivity index (χ4v) is 1.77. The number of halogens is 3. The van der Waals surface area contributed by atoms with Gasteiger partial charge in [-0.1, -0.05) is 13.8 Å². The largest absolute Gasteiger partial charge is 0.322 e. The smallest absolute Gasteiger partial charge is 0.241 e. The summed E-state index contributed by atoms with van der Waals surface area (Å²) in [5.41, 5.74) is 5.44. The van der Waals surface area contributed by atoms with Crippen molar-refractivity contribution in [1.29, 1.82) is 0 Å². The second-order valence-corrected chi connectivity index (χ2v) is 5.33. The monoisotopic (exact) mass is 320 g/mol. The Bertz CT molecular complexity index is 452. The summed E-state index contributed by atoms with van der Waals surface area (Å²) in [5, 5.41) is 2.28. The highest BCUT2D eigenvalue weighted by atomic mass is 79.9. The van der Waals surface area contributed by atoms with Crippen LogP contribution in [0.1, 0.15) is 20.3 Å². The molecule has 0 aliphatic rings. The maximum atomic E-state index is 13.5. The molecule has 1 rings (SSSR count). The van der Waals surface area contributed by atoms with Crippen molar-refractivity contribution in [2.24, 2.45) is 11.7 Å². The molecule has 0 saturated carbocycles. The first kappa shape index (κ1) is 15.0. The third kappa shape index (κ3) is 4.03. The molecule has 0 aromatic heterocycles. The molecule has 100 valence electrons. The van der Waals surface area contributed by atoms with E-state index in [1.807, 2.05) is 13.8 Å². The average Bonchev–Trinajstić information content (AvgIpc) is 2.24. The lowest BCUT2D eigenvalue weighted by Gasteiger charge is -2.14. The van der Waals surface area contributed by atoms with E-state index >= 15 is 0 Å². The van der Waals surface area contributed by atoms with Crippen molar-refractivity contribution in [3.05, 3.63) is 28.2 Å². The number of anilines is 1. The number of hydrogen-bond donors (Lipinski definition) is 2. The highest BCUT2D eigenvalue weighted by Gasteiger charge is 2.17. The summed E-state index contributed by atoms with van der Waals surface area (Å²) in [4.78, 5) is 11.7. The molecule has 3 nitrogen and oxygen atoms in total. The lowest BCUT2D eigenvalue weighted by Crippen LogP contribution is -2.36. The minimum atomic E-state index is -0.740. The summed E-state index contributed by atoms with van der Waals surface area (Å²) in [5.74, 6) is -1.64. The molecule has 0 fully saturated rings. The van der Waals surface area contributed by atoms with Crippen LogP contribution in [0.15, 0.2) is 16.6 Å². The molecule has 0 saturated heterocycles. The Hall–Kier alpha value is -1.01. The molecule has 0 radical (unpaired) electrons. The summed E-state index contributed by atoms with van der Waals surface area (Å²) in [6.07, 6.45) is 0.479. The van der Waals surface area contributed by atoms with Crippen LogP contribution >= 0.6 is 15.9 Å². The molecule has 0 bridgehead atoms. The van der Waals surface area contributed by atoms with Gasteiger partial charge in [-0.05, 0) is 34.3 Å². The molecule has 0 spiro atoms. The van der Waals surface area contributed by atoms with Gasteiger partial charge in [0.2, 0.25) is 5.91 Å². The molecule has 0 heterocycles. The molecule has 1 aromatic rings. The number of nitrogens with one attached hydrogen (secondary N) is 1. The van der Waals surface area contributed by atoms with E-state index in [-0.39, 0.29) is 16.1 Å². The summed E-state index contributed by atoms with van der Waals surface area (Å²) < 4.78 is 26.7. The molecule has 6 heteroatoms. The van der Waals surface area contributed by atoms with Crippen LogP contribution in [0.25, 0.3) is 0 Å². The molecule has 1 unspecified atom stereocenters. The standard InChI is InChI=1S/C12H15BrF2N2O/c1-6(2)3-10(16)12(18)17-11-5-8(14)7(13)4-9(11)15/h4-6,10H,3,16H2,1-2H3,(H,17,18). The fourth-order valence-electron chi connectivity index (χ4n) is 1.46. The van der Waals surface area contributed by atoms with Crippen LogP contribution in [0.5, 0.6) is 0 Å². The Labute approximate surface area is 113 Å². The molecule has 0 aliphatic heterocycles. The third-order valence-corrected chi connectivity index (χ3v) is 2.94. The van der Waals surface area contributed by atoms with E-state index in [9.17, 15) is 13.6 Å². The van der Waals surface area contributed by atoms with Crippen LogP contribution in [0, 0.1) is 17.6 Å². The maximum Gasteiger partial charge on any atom is 0.241 e. The van der Waals surface area contributed by atoms with Gasteiger partial charge in [-0.15, -0.1) is 0 Å². The van der Waals surface area contributed by atoms with Gasteiger partial charge < -0.3 is 11.1 Å². The first-order valence-electron chi connectivity index (χ1n) is 5.52. The van der Waals surface area contributed by atoms with Gasteiger partial charge in [0, 0.05) is 6.07 Å². The zero-order valence-electron chi connectivity index (χ0n) is 10.1. The first-order chi connectivity index (χ1) is 8.31. The van der Waals surface area contributed by atoms with E-state index in [1.54, 1.807) is 0 Å². The van der Waals surface area contributed by atoms with Gasteiger partial charge in [0.05, 0.1) is 16.2 Å². The van der Waals surface area contributed by atoms with Gasteiger partial charge in [0.15, 0.2) is 0 Å². The van der Waals surface area contributed by atoms with Gasteiger partial charge in [0.1, 0.15) is 11.6 Å². The zero-order valence-corrected chi connectivity index (χ0v) is 11.7. The van der Waals surface area contributed by atoms with Crippen molar-refractivity contribution in [3.8, 4) is 0 Å². The van der Waals surface area contributed by atoms with Crippen LogP contribution in [-0.2, 0) is 4.79 Å². The van der Waals surface area contributed by atoms with E-state index in [2.05, 4.69) is 21.2 Å². The Balaban J connectivity index is 2.79. The Morgan fingerprint density at radius 1 is 1.39 bits per heavy atom. The average molecular weight is 321 g/mol. The predicted molar refractivity (Wildman–Crippen MR) is 70.1 cm³/mol. The number of benzene rings is 1. The number of carbonyl (C=O) groups excluding carboxylic acids is 1. The lowest BCUT2D eigenvalue weighted by molar-refractivity contribution is -0.117. The fraction of sp³-hybridized carbons (Fsp3) is 0.417. The Morgan fingerprint density at radius 2 is 2.00 bits per heavy atom. The highest BCUT2D eigenvalue weighted by Crippen LogP contribution is 2.23. The number of nitrogens with two attached hydrogens (primary N) is 1. The molecule has 3 N–H and O–H groups in total. The summed E-state index contributed by atoms with van der Waals surface area (Å²) in [7, 11) is 0. The van der Waals surface area contributed by atoms with E-state index < -0.39 is 23.6 Å². The normalized spacial score (nSPS) is 12.6. The SMILES string of the molecule is CC(C)CC(N)C(=O)Nc1cc(F)c(Br)cc1F. The van der Waals surface area contributed by atoms with Gasteiger partial charge in [-0.25, -0.2) is 8.78 Å². The van der Waals surface area contributed by atoms with Gasteiger partial charge in [0.25, 0.3) is 0 Å². The number of carbonyl (C=O) groups is 1. The summed E-state index contributed by atoms with van der Waals surface area (Å²) in [6, 6.07) is 1.13. The second-order valence-electron chi connectivity index (χ2n) is 4.47. The summed E-state index contributed by atoms with van der Waals surface area (Å²) in [6.45, 7) is 3.85. The predicted octanol–water partition coefficient (Wildman–Crippen LogP) is 3.04. The van der Waals surface area contributed by atoms with Gasteiger partial charge in [-0.3, -0.25) is 4.79 Å². The number of rotatable bonds is 4. The Kier molecular flexibility index (Phi) is 5.22. The number of amides is 1.